The van der Waals surface area contributed by atoms with Crippen molar-refractivity contribution in [3.8, 4) is 5.75 Å². The molecule has 25 heavy (non-hydrogen) atoms. The first-order chi connectivity index (χ1) is 11.9. The number of aryl methyl sites for hydroxylation is 1. The van der Waals surface area contributed by atoms with E-state index in [9.17, 15) is 14.7 Å². The Kier molecular flexibility index (Phi) is 6.00. The summed E-state index contributed by atoms with van der Waals surface area (Å²) in [5, 5.41) is 10.9. The number of anilines is 1. The zero-order valence-electron chi connectivity index (χ0n) is 14.4. The molecule has 0 radical (unpaired) electrons. The topological polar surface area (TPSA) is 76.1 Å². The number of carbonyl (C=O) groups is 2. The zero-order valence-corrected chi connectivity index (χ0v) is 14.4. The fourth-order valence-electron chi connectivity index (χ4n) is 2.26. The number of aromatic hydroxyl groups is 1. The third-order valence-electron chi connectivity index (χ3n) is 3.61. The molecule has 2 aromatic rings. The number of hydrogen-bond acceptors (Lipinski definition) is 5. The van der Waals surface area contributed by atoms with Crippen molar-refractivity contribution < 1.29 is 24.3 Å². The lowest BCUT2D eigenvalue weighted by atomic mass is 9.99. The van der Waals surface area contributed by atoms with E-state index in [1.54, 1.807) is 62.4 Å². The molecule has 0 aliphatic rings. The van der Waals surface area contributed by atoms with Crippen LogP contribution in [0, 0.1) is 6.92 Å². The maximum atomic E-state index is 12.5. The molecule has 132 valence electrons. The van der Waals surface area contributed by atoms with Crippen LogP contribution in [0.2, 0.25) is 0 Å². The average Bonchev–Trinajstić information content (AvgIpc) is 2.59. The van der Waals surface area contributed by atoms with Gasteiger partial charge in [-0.05, 0) is 44.5 Å². The Balaban J connectivity index is 2.22. The Labute approximate surface area is 146 Å². The maximum Gasteiger partial charge on any atom is 0.448 e. The second kappa shape index (κ2) is 8.19. The Bertz CT molecular complexity index is 745. The van der Waals surface area contributed by atoms with Crippen molar-refractivity contribution >= 4 is 17.7 Å². The van der Waals surface area contributed by atoms with Gasteiger partial charge in [0.15, 0.2) is 0 Å². The average molecular weight is 343 g/mol. The minimum absolute atomic E-state index is 0.00634. The highest BCUT2D eigenvalue weighted by atomic mass is 16.8. The van der Waals surface area contributed by atoms with Gasteiger partial charge in [0.25, 0.3) is 0 Å². The second-order valence-corrected chi connectivity index (χ2v) is 5.52. The molecule has 1 amide bonds. The van der Waals surface area contributed by atoms with Crippen molar-refractivity contribution in [3.63, 3.8) is 0 Å². The van der Waals surface area contributed by atoms with Crippen molar-refractivity contribution in [3.05, 3.63) is 59.7 Å². The van der Waals surface area contributed by atoms with E-state index in [1.165, 1.54) is 0 Å². The Morgan fingerprint density at radius 1 is 1.16 bits per heavy atom. The number of para-hydroxylation sites is 1. The molecule has 1 atom stereocenters. The van der Waals surface area contributed by atoms with Gasteiger partial charge in [-0.2, -0.15) is 0 Å². The number of ether oxygens (including phenoxy) is 1. The highest BCUT2D eigenvalue weighted by Gasteiger charge is 2.27. The summed E-state index contributed by atoms with van der Waals surface area (Å²) < 4.78 is 4.94. The molecule has 2 rings (SSSR count). The molecule has 0 unspecified atom stereocenters. The van der Waals surface area contributed by atoms with E-state index in [0.29, 0.717) is 11.3 Å². The number of carbonyl (C=O) groups excluding carboxylic acids is 2. The summed E-state index contributed by atoms with van der Waals surface area (Å²) in [7, 11) is 0. The van der Waals surface area contributed by atoms with E-state index < -0.39 is 18.0 Å². The summed E-state index contributed by atoms with van der Waals surface area (Å²) in [6.45, 7) is 5.25. The zero-order chi connectivity index (χ0) is 18.4. The summed E-state index contributed by atoms with van der Waals surface area (Å²) in [6, 6.07) is 13.5. The monoisotopic (exact) mass is 343 g/mol. The van der Waals surface area contributed by atoms with Crippen LogP contribution in [0.15, 0.2) is 48.5 Å². The van der Waals surface area contributed by atoms with E-state index in [2.05, 4.69) is 0 Å². The largest absolute Gasteiger partial charge is 0.508 e. The molecule has 0 aromatic heterocycles. The number of phenolic OH excluding ortho intramolecular Hbond substituents is 1. The Hall–Kier alpha value is -3.02. The minimum Gasteiger partial charge on any atom is -0.508 e. The number of benzene rings is 2. The smallest absolute Gasteiger partial charge is 0.448 e. The lowest BCUT2D eigenvalue weighted by Gasteiger charge is -2.22. The van der Waals surface area contributed by atoms with Crippen molar-refractivity contribution in [1.82, 2.24) is 0 Å². The number of nitrogens with zero attached hydrogens (tertiary/aromatic N) is 1. The van der Waals surface area contributed by atoms with E-state index in [1.807, 2.05) is 6.92 Å². The summed E-state index contributed by atoms with van der Waals surface area (Å²) >= 11 is 0. The van der Waals surface area contributed by atoms with Gasteiger partial charge in [0, 0.05) is 5.56 Å². The Morgan fingerprint density at radius 3 is 2.44 bits per heavy atom. The molecule has 6 heteroatoms. The fraction of sp³-hybridized carbons (Fsp3) is 0.263. The third kappa shape index (κ3) is 4.50. The van der Waals surface area contributed by atoms with Crippen LogP contribution in [0.3, 0.4) is 0 Å². The third-order valence-corrected chi connectivity index (χ3v) is 3.61. The lowest BCUT2D eigenvalue weighted by molar-refractivity contribution is -0.146. The first-order valence-corrected chi connectivity index (χ1v) is 7.97. The predicted octanol–water partition coefficient (Wildman–Crippen LogP) is 3.93. The van der Waals surface area contributed by atoms with E-state index >= 15 is 0 Å². The molecule has 1 N–H and O–H groups in total. The van der Waals surface area contributed by atoms with Crippen molar-refractivity contribution in [1.29, 1.82) is 0 Å². The molecule has 0 saturated carbocycles. The number of amides is 1. The molecular weight excluding hydrogens is 322 g/mol. The highest BCUT2D eigenvalue weighted by Crippen LogP contribution is 2.28. The fourth-order valence-corrected chi connectivity index (χ4v) is 2.26. The molecule has 0 heterocycles. The maximum absolute atomic E-state index is 12.5. The number of hydrogen-bond donors (Lipinski definition) is 1. The Morgan fingerprint density at radius 2 is 1.84 bits per heavy atom. The SMILES string of the molecule is CCOC(=O)N(OC(=O)[C@@H](C)c1ccc(C)cc1O)c1ccccc1. The van der Waals surface area contributed by atoms with E-state index in [4.69, 9.17) is 9.57 Å². The number of rotatable bonds is 4. The molecule has 6 nitrogen and oxygen atoms in total. The summed E-state index contributed by atoms with van der Waals surface area (Å²) in [5.74, 6) is -1.44. The van der Waals surface area contributed by atoms with Crippen molar-refractivity contribution in [2.75, 3.05) is 11.7 Å². The van der Waals surface area contributed by atoms with E-state index in [-0.39, 0.29) is 12.4 Å². The van der Waals surface area contributed by atoms with Gasteiger partial charge in [-0.15, -0.1) is 5.06 Å². The van der Waals surface area contributed by atoms with Crippen LogP contribution in [0.1, 0.15) is 30.9 Å². The normalized spacial score (nSPS) is 11.5. The van der Waals surface area contributed by atoms with Crippen molar-refractivity contribution in [2.24, 2.45) is 0 Å². The van der Waals surface area contributed by atoms with Gasteiger partial charge in [0.1, 0.15) is 5.75 Å². The van der Waals surface area contributed by atoms with Gasteiger partial charge < -0.3 is 14.7 Å². The molecule has 0 aliphatic carbocycles. The van der Waals surface area contributed by atoms with Gasteiger partial charge in [-0.3, -0.25) is 0 Å². The molecule has 0 saturated heterocycles. The lowest BCUT2D eigenvalue weighted by Crippen LogP contribution is -2.35. The van der Waals surface area contributed by atoms with Crippen LogP contribution < -0.4 is 5.06 Å². The summed E-state index contributed by atoms with van der Waals surface area (Å²) in [4.78, 5) is 29.9. The van der Waals surface area contributed by atoms with Gasteiger partial charge in [-0.1, -0.05) is 30.3 Å². The molecule has 2 aromatic carbocycles. The van der Waals surface area contributed by atoms with Crippen LogP contribution >= 0.6 is 0 Å². The van der Waals surface area contributed by atoms with Gasteiger partial charge in [-0.25, -0.2) is 9.59 Å². The van der Waals surface area contributed by atoms with Crippen LogP contribution in [0.25, 0.3) is 0 Å². The first-order valence-electron chi connectivity index (χ1n) is 7.97. The first kappa shape index (κ1) is 18.3. The van der Waals surface area contributed by atoms with Gasteiger partial charge in [0.05, 0.1) is 18.2 Å². The molecule has 0 bridgehead atoms. The van der Waals surface area contributed by atoms with Crippen LogP contribution in [0.5, 0.6) is 5.75 Å². The molecule has 0 aliphatic heterocycles. The highest BCUT2D eigenvalue weighted by molar-refractivity contribution is 5.89. The van der Waals surface area contributed by atoms with Crippen molar-refractivity contribution in [2.45, 2.75) is 26.7 Å². The minimum atomic E-state index is -0.789. The van der Waals surface area contributed by atoms with Crippen LogP contribution in [0.4, 0.5) is 10.5 Å². The van der Waals surface area contributed by atoms with Crippen LogP contribution in [-0.2, 0) is 14.4 Å². The van der Waals surface area contributed by atoms with Crippen LogP contribution in [-0.4, -0.2) is 23.8 Å². The van der Waals surface area contributed by atoms with E-state index in [0.717, 1.165) is 10.6 Å². The summed E-state index contributed by atoms with van der Waals surface area (Å²) in [6.07, 6.45) is -0.789. The molecule has 0 spiro atoms. The number of phenols is 1. The molecular formula is C19H21NO5. The second-order valence-electron chi connectivity index (χ2n) is 5.52. The van der Waals surface area contributed by atoms with Gasteiger partial charge in [0.2, 0.25) is 0 Å². The standard InChI is InChI=1S/C19H21NO5/c1-4-24-19(23)20(15-8-6-5-7-9-15)25-18(22)14(3)16-11-10-13(2)12-17(16)21/h5-12,14,21H,4H2,1-3H3/t14-/m0/s1. The van der Waals surface area contributed by atoms with Gasteiger partial charge >= 0.3 is 12.1 Å². The summed E-state index contributed by atoms with van der Waals surface area (Å²) in [5.41, 5.74) is 1.67. The quantitative estimate of drug-likeness (QED) is 0.851. The predicted molar refractivity (Wildman–Crippen MR) is 93.3 cm³/mol. The number of hydroxylamine groups is 1. The molecule has 0 fully saturated rings.